The van der Waals surface area contributed by atoms with E-state index in [1.165, 1.54) is 0 Å². The Balaban J connectivity index is 1.94. The van der Waals surface area contributed by atoms with Gasteiger partial charge < -0.3 is 15.4 Å². The summed E-state index contributed by atoms with van der Waals surface area (Å²) in [7, 11) is 0. The van der Waals surface area contributed by atoms with Gasteiger partial charge in [-0.3, -0.25) is 4.79 Å². The molecule has 0 bridgehead atoms. The molecule has 0 heterocycles. The van der Waals surface area contributed by atoms with Gasteiger partial charge in [-0.1, -0.05) is 64.5 Å². The van der Waals surface area contributed by atoms with E-state index >= 15 is 0 Å². The van der Waals surface area contributed by atoms with Crippen LogP contribution in [0.5, 0.6) is 0 Å². The van der Waals surface area contributed by atoms with E-state index in [0.29, 0.717) is 17.9 Å². The van der Waals surface area contributed by atoms with Gasteiger partial charge in [0, 0.05) is 21.2 Å². The molecule has 0 aliphatic rings. The van der Waals surface area contributed by atoms with Crippen molar-refractivity contribution in [2.45, 2.75) is 13.0 Å². The lowest BCUT2D eigenvalue weighted by Gasteiger charge is -2.20. The molecule has 1 atom stereocenters. The Morgan fingerprint density at radius 3 is 2.33 bits per heavy atom. The molecule has 3 aromatic carbocycles. The van der Waals surface area contributed by atoms with Crippen LogP contribution >= 0.6 is 15.9 Å². The Bertz CT molecular complexity index is 994. The van der Waals surface area contributed by atoms with Crippen molar-refractivity contribution in [1.29, 1.82) is 0 Å². The van der Waals surface area contributed by atoms with E-state index in [1.807, 2.05) is 72.0 Å². The normalized spacial score (nSPS) is 11.5. The number of anilines is 1. The number of quaternary nitrogens is 1. The standard InChI is InChI=1S/C24H23BrN2O3/c1-2-30-22(28)16-26-23(17-9-5-3-6-10-17)20-15-19(25)13-14-21(20)27-24(29)18-11-7-4-8-12-18/h3-15,23,26H,2,16H2,1H3,(H,27,29)/p+1. The Kier molecular flexibility index (Phi) is 7.76. The van der Waals surface area contributed by atoms with Crippen molar-refractivity contribution in [3.63, 3.8) is 0 Å². The molecule has 0 aliphatic heterocycles. The van der Waals surface area contributed by atoms with E-state index in [9.17, 15) is 9.59 Å². The maximum Gasteiger partial charge on any atom is 0.361 e. The average Bonchev–Trinajstić information content (AvgIpc) is 2.77. The second-order valence-corrected chi connectivity index (χ2v) is 7.60. The molecule has 6 heteroatoms. The first-order valence-corrected chi connectivity index (χ1v) is 10.6. The number of amides is 1. The third-order valence-electron chi connectivity index (χ3n) is 4.62. The molecule has 1 amide bonds. The van der Waals surface area contributed by atoms with Crippen LogP contribution in [0.2, 0.25) is 0 Å². The van der Waals surface area contributed by atoms with E-state index in [4.69, 9.17) is 4.74 Å². The van der Waals surface area contributed by atoms with Crippen LogP contribution in [0.3, 0.4) is 0 Å². The third-order valence-corrected chi connectivity index (χ3v) is 5.11. The number of benzene rings is 3. The summed E-state index contributed by atoms with van der Waals surface area (Å²) < 4.78 is 5.98. The van der Waals surface area contributed by atoms with Crippen LogP contribution in [0, 0.1) is 0 Å². The second kappa shape index (κ2) is 10.7. The zero-order valence-corrected chi connectivity index (χ0v) is 18.3. The molecule has 1 unspecified atom stereocenters. The Labute approximate surface area is 184 Å². The number of hydrogen-bond donors (Lipinski definition) is 2. The SMILES string of the molecule is CCOC(=O)C[NH2+]C(c1ccccc1)c1cc(Br)ccc1NC(=O)c1ccccc1. The summed E-state index contributed by atoms with van der Waals surface area (Å²) in [6, 6.07) is 24.5. The van der Waals surface area contributed by atoms with E-state index in [1.54, 1.807) is 19.1 Å². The van der Waals surface area contributed by atoms with Gasteiger partial charge in [0.15, 0.2) is 6.54 Å². The molecular formula is C24H24BrN2O3+. The molecule has 0 spiro atoms. The van der Waals surface area contributed by atoms with Crippen molar-refractivity contribution in [3.8, 4) is 0 Å². The van der Waals surface area contributed by atoms with Crippen LogP contribution in [0.25, 0.3) is 0 Å². The molecule has 30 heavy (non-hydrogen) atoms. The molecular weight excluding hydrogens is 444 g/mol. The predicted octanol–water partition coefficient (Wildman–Crippen LogP) is 3.92. The molecule has 0 saturated heterocycles. The molecule has 0 radical (unpaired) electrons. The minimum absolute atomic E-state index is 0.173. The Morgan fingerprint density at radius 2 is 1.67 bits per heavy atom. The molecule has 3 rings (SSSR count). The largest absolute Gasteiger partial charge is 0.462 e. The molecule has 0 saturated carbocycles. The van der Waals surface area contributed by atoms with Crippen molar-refractivity contribution in [2.75, 3.05) is 18.5 Å². The fourth-order valence-corrected chi connectivity index (χ4v) is 3.60. The topological polar surface area (TPSA) is 72.0 Å². The molecule has 154 valence electrons. The first-order valence-electron chi connectivity index (χ1n) is 9.78. The highest BCUT2D eigenvalue weighted by Crippen LogP contribution is 2.29. The smallest absolute Gasteiger partial charge is 0.361 e. The Hall–Kier alpha value is -2.96. The molecule has 0 aromatic heterocycles. The van der Waals surface area contributed by atoms with Crippen molar-refractivity contribution in [3.05, 3.63) is 100 Å². The average molecular weight is 468 g/mol. The summed E-state index contributed by atoms with van der Waals surface area (Å²) in [6.07, 6.45) is 0. The highest BCUT2D eigenvalue weighted by Gasteiger charge is 2.23. The fraction of sp³-hybridized carbons (Fsp3) is 0.167. The van der Waals surface area contributed by atoms with Gasteiger partial charge in [-0.2, -0.15) is 0 Å². The van der Waals surface area contributed by atoms with Gasteiger partial charge in [0.1, 0.15) is 6.04 Å². The van der Waals surface area contributed by atoms with Gasteiger partial charge in [0.2, 0.25) is 0 Å². The lowest BCUT2D eigenvalue weighted by Crippen LogP contribution is -2.87. The van der Waals surface area contributed by atoms with Crippen LogP contribution < -0.4 is 10.6 Å². The van der Waals surface area contributed by atoms with E-state index < -0.39 is 0 Å². The summed E-state index contributed by atoms with van der Waals surface area (Å²) in [6.45, 7) is 2.31. The van der Waals surface area contributed by atoms with Crippen molar-refractivity contribution >= 4 is 33.5 Å². The first-order chi connectivity index (χ1) is 14.6. The third kappa shape index (κ3) is 5.78. The summed E-state index contributed by atoms with van der Waals surface area (Å²) in [5.74, 6) is -0.459. The van der Waals surface area contributed by atoms with Gasteiger partial charge >= 0.3 is 5.97 Å². The zero-order valence-electron chi connectivity index (χ0n) is 16.7. The van der Waals surface area contributed by atoms with Crippen LogP contribution in [0.15, 0.2) is 83.3 Å². The number of hydrogen-bond acceptors (Lipinski definition) is 3. The highest BCUT2D eigenvalue weighted by atomic mass is 79.9. The molecule has 3 aromatic rings. The zero-order chi connectivity index (χ0) is 21.3. The predicted molar refractivity (Wildman–Crippen MR) is 120 cm³/mol. The summed E-state index contributed by atoms with van der Waals surface area (Å²) >= 11 is 3.54. The summed E-state index contributed by atoms with van der Waals surface area (Å²) in [4.78, 5) is 24.7. The molecule has 3 N–H and O–H groups in total. The summed E-state index contributed by atoms with van der Waals surface area (Å²) in [5, 5.41) is 4.95. The van der Waals surface area contributed by atoms with Gasteiger partial charge in [0.25, 0.3) is 5.91 Å². The van der Waals surface area contributed by atoms with Crippen molar-refractivity contribution in [2.24, 2.45) is 0 Å². The number of halogens is 1. The molecule has 5 nitrogen and oxygen atoms in total. The number of carbonyl (C=O) groups excluding carboxylic acids is 2. The van der Waals surface area contributed by atoms with Gasteiger partial charge in [-0.05, 0) is 37.3 Å². The maximum atomic E-state index is 12.8. The summed E-state index contributed by atoms with van der Waals surface area (Å²) in [5.41, 5.74) is 3.19. The lowest BCUT2D eigenvalue weighted by molar-refractivity contribution is -0.677. The quantitative estimate of drug-likeness (QED) is 0.493. The van der Waals surface area contributed by atoms with Crippen LogP contribution in [0.4, 0.5) is 5.69 Å². The monoisotopic (exact) mass is 467 g/mol. The number of carbonyl (C=O) groups is 2. The number of rotatable bonds is 8. The van der Waals surface area contributed by atoms with Crippen molar-refractivity contribution in [1.82, 2.24) is 0 Å². The van der Waals surface area contributed by atoms with E-state index in [-0.39, 0.29) is 24.5 Å². The van der Waals surface area contributed by atoms with Gasteiger partial charge in [0.05, 0.1) is 12.3 Å². The van der Waals surface area contributed by atoms with Crippen LogP contribution in [-0.4, -0.2) is 25.0 Å². The van der Waals surface area contributed by atoms with E-state index in [0.717, 1.165) is 15.6 Å². The fourth-order valence-electron chi connectivity index (χ4n) is 3.23. The number of nitrogens with one attached hydrogen (secondary N) is 1. The van der Waals surface area contributed by atoms with Crippen LogP contribution in [-0.2, 0) is 9.53 Å². The van der Waals surface area contributed by atoms with Crippen LogP contribution in [0.1, 0.15) is 34.5 Å². The second-order valence-electron chi connectivity index (χ2n) is 6.68. The highest BCUT2D eigenvalue weighted by molar-refractivity contribution is 9.10. The number of nitrogens with two attached hydrogens (primary N) is 1. The Morgan fingerprint density at radius 1 is 1.00 bits per heavy atom. The first kappa shape index (κ1) is 21.7. The molecule has 0 fully saturated rings. The van der Waals surface area contributed by atoms with Gasteiger partial charge in [-0.25, -0.2) is 4.79 Å². The molecule has 0 aliphatic carbocycles. The minimum Gasteiger partial charge on any atom is -0.462 e. The number of ether oxygens (including phenoxy) is 1. The number of esters is 1. The maximum absolute atomic E-state index is 12.8. The van der Waals surface area contributed by atoms with E-state index in [2.05, 4.69) is 21.2 Å². The van der Waals surface area contributed by atoms with Crippen molar-refractivity contribution < 1.29 is 19.6 Å². The van der Waals surface area contributed by atoms with Gasteiger partial charge in [-0.15, -0.1) is 0 Å². The minimum atomic E-state index is -0.275. The lowest BCUT2D eigenvalue weighted by atomic mass is 9.96.